The Morgan fingerprint density at radius 2 is 1.69 bits per heavy atom. The van der Waals surface area contributed by atoms with E-state index in [4.69, 9.17) is 0 Å². The van der Waals surface area contributed by atoms with E-state index in [9.17, 15) is 14.4 Å². The van der Waals surface area contributed by atoms with Gasteiger partial charge in [0, 0.05) is 26.1 Å². The van der Waals surface area contributed by atoms with Crippen molar-refractivity contribution in [1.29, 1.82) is 0 Å². The Balaban J connectivity index is 2.42. The van der Waals surface area contributed by atoms with E-state index >= 15 is 0 Å². The van der Waals surface area contributed by atoms with Crippen molar-refractivity contribution in [3.63, 3.8) is 0 Å². The summed E-state index contributed by atoms with van der Waals surface area (Å²) >= 11 is 0. The summed E-state index contributed by atoms with van der Waals surface area (Å²) in [5, 5.41) is 0. The van der Waals surface area contributed by atoms with Gasteiger partial charge in [-0.15, -0.1) is 0 Å². The van der Waals surface area contributed by atoms with Crippen molar-refractivity contribution in [2.75, 3.05) is 0 Å². The molecular weight excluding hydrogens is 332 g/mol. The van der Waals surface area contributed by atoms with Gasteiger partial charge in [-0.25, -0.2) is 9.78 Å². The number of aryl methyl sites for hydroxylation is 2. The molecule has 0 N–H and O–H groups in total. The van der Waals surface area contributed by atoms with Gasteiger partial charge in [-0.2, -0.15) is 0 Å². The molecule has 0 aromatic carbocycles. The average Bonchev–Trinajstić information content (AvgIpc) is 3.02. The van der Waals surface area contributed by atoms with E-state index in [1.807, 2.05) is 11.5 Å². The number of imidazole rings is 1. The summed E-state index contributed by atoms with van der Waals surface area (Å²) in [6, 6.07) is 0. The van der Waals surface area contributed by atoms with E-state index in [0.717, 1.165) is 32.2 Å². The molecule has 0 atom stereocenters. The van der Waals surface area contributed by atoms with Crippen LogP contribution in [0.5, 0.6) is 0 Å². The van der Waals surface area contributed by atoms with Crippen molar-refractivity contribution in [2.45, 2.75) is 85.4 Å². The number of ketones is 1. The quantitative estimate of drug-likeness (QED) is 0.576. The highest BCUT2D eigenvalue weighted by molar-refractivity contribution is 5.75. The van der Waals surface area contributed by atoms with Crippen LogP contribution in [0.1, 0.15) is 65.7 Å². The van der Waals surface area contributed by atoms with Gasteiger partial charge in [-0.05, 0) is 32.6 Å². The summed E-state index contributed by atoms with van der Waals surface area (Å²) in [6.45, 7) is 7.30. The second-order valence-electron chi connectivity index (χ2n) is 6.87. The second kappa shape index (κ2) is 9.50. The first kappa shape index (κ1) is 20.1. The number of unbranched alkanes of at least 4 members (excludes halogenated alkanes) is 3. The molecule has 0 saturated heterocycles. The number of hydrogen-bond acceptors (Lipinski definition) is 4. The molecular formula is C19H30N4O3. The Hall–Kier alpha value is -2.18. The Morgan fingerprint density at radius 1 is 0.962 bits per heavy atom. The van der Waals surface area contributed by atoms with Gasteiger partial charge < -0.3 is 9.36 Å². The fourth-order valence-corrected chi connectivity index (χ4v) is 3.21. The van der Waals surface area contributed by atoms with Crippen molar-refractivity contribution in [3.05, 3.63) is 27.2 Å². The van der Waals surface area contributed by atoms with Crippen molar-refractivity contribution in [2.24, 2.45) is 0 Å². The molecule has 144 valence electrons. The van der Waals surface area contributed by atoms with Gasteiger partial charge in [0.1, 0.15) is 5.78 Å². The van der Waals surface area contributed by atoms with Gasteiger partial charge in [0.25, 0.3) is 5.56 Å². The molecule has 7 nitrogen and oxygen atoms in total. The minimum absolute atomic E-state index is 0.130. The minimum Gasteiger partial charge on any atom is -0.325 e. The smallest absolute Gasteiger partial charge is 0.325 e. The van der Waals surface area contributed by atoms with Crippen LogP contribution in [-0.2, 0) is 24.4 Å². The first-order valence-corrected chi connectivity index (χ1v) is 9.69. The van der Waals surface area contributed by atoms with Crippen LogP contribution < -0.4 is 11.2 Å². The second-order valence-corrected chi connectivity index (χ2v) is 6.87. The third kappa shape index (κ3) is 4.51. The molecule has 0 bridgehead atoms. The third-order valence-electron chi connectivity index (χ3n) is 4.59. The molecule has 0 aliphatic carbocycles. The molecule has 0 unspecified atom stereocenters. The SMILES string of the molecule is CCCCCn1cnc2c1c(=O)n(CCCCC(C)=O)c(=O)n2CCC. The summed E-state index contributed by atoms with van der Waals surface area (Å²) in [5.74, 6) is 0.130. The summed E-state index contributed by atoms with van der Waals surface area (Å²) in [6.07, 6.45) is 7.44. The van der Waals surface area contributed by atoms with Crippen molar-refractivity contribution >= 4 is 16.9 Å². The van der Waals surface area contributed by atoms with Crippen LogP contribution in [0.15, 0.2) is 15.9 Å². The van der Waals surface area contributed by atoms with Crippen LogP contribution in [0.3, 0.4) is 0 Å². The maximum atomic E-state index is 13.0. The molecule has 0 fully saturated rings. The van der Waals surface area contributed by atoms with E-state index in [1.165, 1.54) is 4.57 Å². The summed E-state index contributed by atoms with van der Waals surface area (Å²) in [5.41, 5.74) is 0.430. The summed E-state index contributed by atoms with van der Waals surface area (Å²) in [4.78, 5) is 41.2. The van der Waals surface area contributed by atoms with Gasteiger partial charge in [0.15, 0.2) is 11.2 Å². The van der Waals surface area contributed by atoms with E-state index in [2.05, 4.69) is 11.9 Å². The lowest BCUT2D eigenvalue weighted by molar-refractivity contribution is -0.117. The zero-order valence-electron chi connectivity index (χ0n) is 16.2. The molecule has 0 aliphatic rings. The fraction of sp³-hybridized carbons (Fsp3) is 0.684. The highest BCUT2D eigenvalue weighted by Crippen LogP contribution is 2.10. The lowest BCUT2D eigenvalue weighted by Gasteiger charge is -2.12. The number of rotatable bonds is 11. The fourth-order valence-electron chi connectivity index (χ4n) is 3.21. The molecule has 2 aromatic heterocycles. The Labute approximate surface area is 153 Å². The number of fused-ring (bicyclic) bond motifs is 1. The van der Waals surface area contributed by atoms with Crippen LogP contribution in [0, 0.1) is 0 Å². The third-order valence-corrected chi connectivity index (χ3v) is 4.59. The van der Waals surface area contributed by atoms with Gasteiger partial charge >= 0.3 is 5.69 Å². The van der Waals surface area contributed by atoms with Crippen LogP contribution in [-0.4, -0.2) is 24.5 Å². The lowest BCUT2D eigenvalue weighted by atomic mass is 10.2. The maximum Gasteiger partial charge on any atom is 0.332 e. The van der Waals surface area contributed by atoms with Gasteiger partial charge in [0.2, 0.25) is 0 Å². The molecule has 2 aromatic rings. The highest BCUT2D eigenvalue weighted by atomic mass is 16.2. The number of carbonyl (C=O) groups is 1. The Morgan fingerprint density at radius 3 is 2.35 bits per heavy atom. The molecule has 0 amide bonds. The minimum atomic E-state index is -0.300. The highest BCUT2D eigenvalue weighted by Gasteiger charge is 2.17. The monoisotopic (exact) mass is 362 g/mol. The maximum absolute atomic E-state index is 13.0. The van der Waals surface area contributed by atoms with Gasteiger partial charge in [-0.3, -0.25) is 13.9 Å². The van der Waals surface area contributed by atoms with Crippen LogP contribution in [0.2, 0.25) is 0 Å². The zero-order valence-corrected chi connectivity index (χ0v) is 16.2. The number of Topliss-reactive ketones (excluding diaryl/α,β-unsaturated/α-hetero) is 1. The molecule has 7 heteroatoms. The van der Waals surface area contributed by atoms with E-state index in [1.54, 1.807) is 17.8 Å². The topological polar surface area (TPSA) is 78.9 Å². The molecule has 2 heterocycles. The van der Waals surface area contributed by atoms with E-state index < -0.39 is 0 Å². The Kier molecular flexibility index (Phi) is 7.36. The van der Waals surface area contributed by atoms with Crippen LogP contribution in [0.25, 0.3) is 11.2 Å². The van der Waals surface area contributed by atoms with E-state index in [0.29, 0.717) is 43.5 Å². The summed E-state index contributed by atoms with van der Waals surface area (Å²) in [7, 11) is 0. The largest absolute Gasteiger partial charge is 0.332 e. The van der Waals surface area contributed by atoms with E-state index in [-0.39, 0.29) is 17.0 Å². The number of aromatic nitrogens is 4. The summed E-state index contributed by atoms with van der Waals surface area (Å²) < 4.78 is 4.80. The normalized spacial score (nSPS) is 11.3. The van der Waals surface area contributed by atoms with Crippen LogP contribution in [0.4, 0.5) is 0 Å². The molecule has 0 spiro atoms. The van der Waals surface area contributed by atoms with Gasteiger partial charge in [-0.1, -0.05) is 26.7 Å². The standard InChI is InChI=1S/C19H30N4O3/c1-4-6-8-12-21-14-20-17-16(21)18(25)23(13-9-7-10-15(3)24)19(26)22(17)11-5-2/h14H,4-13H2,1-3H3. The van der Waals surface area contributed by atoms with Crippen molar-refractivity contribution < 1.29 is 4.79 Å². The van der Waals surface area contributed by atoms with Crippen molar-refractivity contribution in [1.82, 2.24) is 18.7 Å². The number of carbonyl (C=O) groups excluding carboxylic acids is 1. The molecule has 0 aliphatic heterocycles. The first-order chi connectivity index (χ1) is 12.5. The van der Waals surface area contributed by atoms with Gasteiger partial charge in [0.05, 0.1) is 6.33 Å². The number of nitrogens with zero attached hydrogens (tertiary/aromatic N) is 4. The molecule has 26 heavy (non-hydrogen) atoms. The molecule has 0 saturated carbocycles. The average molecular weight is 362 g/mol. The first-order valence-electron chi connectivity index (χ1n) is 9.69. The Bertz CT molecular complexity index is 860. The lowest BCUT2D eigenvalue weighted by Crippen LogP contribution is -2.40. The van der Waals surface area contributed by atoms with Crippen molar-refractivity contribution in [3.8, 4) is 0 Å². The van der Waals surface area contributed by atoms with Crippen LogP contribution >= 0.6 is 0 Å². The zero-order chi connectivity index (χ0) is 19.1. The molecule has 2 rings (SSSR count). The molecule has 0 radical (unpaired) electrons. The predicted molar refractivity (Wildman–Crippen MR) is 103 cm³/mol. The number of hydrogen-bond donors (Lipinski definition) is 0. The predicted octanol–water partition coefficient (Wildman–Crippen LogP) is 2.72.